The van der Waals surface area contributed by atoms with Crippen LogP contribution in [0.25, 0.3) is 0 Å². The van der Waals surface area contributed by atoms with E-state index in [1.54, 1.807) is 28.9 Å². The fourth-order valence-electron chi connectivity index (χ4n) is 2.34. The zero-order chi connectivity index (χ0) is 13.9. The standard InChI is InChI=1S/C14H17N3OS2/c1-10(13-15-4-7-20-13)8-16-14(18)17-5-2-12-11(9-17)3-6-19-12/h3-4,6-7,10H,2,5,8-9H2,1H3,(H,16,18). The molecule has 0 saturated carbocycles. The van der Waals surface area contributed by atoms with E-state index in [-0.39, 0.29) is 11.9 Å². The van der Waals surface area contributed by atoms with Crippen molar-refractivity contribution >= 4 is 28.7 Å². The number of fused-ring (bicyclic) bond motifs is 1. The first-order chi connectivity index (χ1) is 9.74. The van der Waals surface area contributed by atoms with E-state index in [0.29, 0.717) is 6.54 Å². The molecular weight excluding hydrogens is 290 g/mol. The molecule has 2 amide bonds. The molecule has 0 aromatic carbocycles. The van der Waals surface area contributed by atoms with E-state index in [4.69, 9.17) is 0 Å². The van der Waals surface area contributed by atoms with Crippen LogP contribution in [0.15, 0.2) is 23.0 Å². The molecule has 106 valence electrons. The van der Waals surface area contributed by atoms with Crippen molar-refractivity contribution in [1.82, 2.24) is 15.2 Å². The van der Waals surface area contributed by atoms with E-state index >= 15 is 0 Å². The van der Waals surface area contributed by atoms with Crippen molar-refractivity contribution in [3.63, 3.8) is 0 Å². The fourth-order valence-corrected chi connectivity index (χ4v) is 3.93. The molecule has 0 spiro atoms. The SMILES string of the molecule is CC(CNC(=O)N1CCc2sccc2C1)c1nccs1. The van der Waals surface area contributed by atoms with Gasteiger partial charge in [0.15, 0.2) is 0 Å². The van der Waals surface area contributed by atoms with Gasteiger partial charge < -0.3 is 10.2 Å². The van der Waals surface area contributed by atoms with Crippen molar-refractivity contribution < 1.29 is 4.79 Å². The van der Waals surface area contributed by atoms with Crippen molar-refractivity contribution in [3.05, 3.63) is 38.5 Å². The highest BCUT2D eigenvalue weighted by atomic mass is 32.1. The van der Waals surface area contributed by atoms with Gasteiger partial charge in [0.05, 0.1) is 5.01 Å². The molecule has 1 aliphatic rings. The van der Waals surface area contributed by atoms with Crippen LogP contribution in [0.2, 0.25) is 0 Å². The molecule has 0 bridgehead atoms. The van der Waals surface area contributed by atoms with Crippen LogP contribution in [0.1, 0.15) is 28.3 Å². The van der Waals surface area contributed by atoms with E-state index in [1.165, 1.54) is 10.4 Å². The zero-order valence-corrected chi connectivity index (χ0v) is 13.0. The maximum absolute atomic E-state index is 12.2. The molecule has 1 aliphatic heterocycles. The molecule has 1 unspecified atom stereocenters. The van der Waals surface area contributed by atoms with Crippen LogP contribution >= 0.6 is 22.7 Å². The molecule has 3 heterocycles. The molecule has 0 aliphatic carbocycles. The maximum Gasteiger partial charge on any atom is 0.317 e. The number of carbonyl (C=O) groups excluding carboxylic acids is 1. The summed E-state index contributed by atoms with van der Waals surface area (Å²) in [6.45, 7) is 4.27. The lowest BCUT2D eigenvalue weighted by Gasteiger charge is -2.27. The third kappa shape index (κ3) is 2.86. The van der Waals surface area contributed by atoms with Crippen molar-refractivity contribution in [2.24, 2.45) is 0 Å². The number of hydrogen-bond acceptors (Lipinski definition) is 4. The smallest absolute Gasteiger partial charge is 0.317 e. The highest BCUT2D eigenvalue weighted by molar-refractivity contribution is 7.10. The van der Waals surface area contributed by atoms with Crippen molar-refractivity contribution in [2.75, 3.05) is 13.1 Å². The Morgan fingerprint density at radius 1 is 1.50 bits per heavy atom. The molecule has 2 aromatic rings. The molecule has 6 heteroatoms. The second-order valence-corrected chi connectivity index (χ2v) is 6.92. The van der Waals surface area contributed by atoms with Gasteiger partial charge in [-0.1, -0.05) is 6.92 Å². The van der Waals surface area contributed by atoms with Crippen LogP contribution in [-0.4, -0.2) is 29.0 Å². The number of nitrogens with zero attached hydrogens (tertiary/aromatic N) is 2. The van der Waals surface area contributed by atoms with E-state index in [2.05, 4.69) is 28.7 Å². The van der Waals surface area contributed by atoms with Gasteiger partial charge in [0.25, 0.3) is 0 Å². The minimum atomic E-state index is 0.0326. The lowest BCUT2D eigenvalue weighted by Crippen LogP contribution is -2.43. The summed E-state index contributed by atoms with van der Waals surface area (Å²) in [6, 6.07) is 2.16. The summed E-state index contributed by atoms with van der Waals surface area (Å²) in [5.74, 6) is 0.264. The lowest BCUT2D eigenvalue weighted by atomic mass is 10.1. The quantitative estimate of drug-likeness (QED) is 0.947. The first-order valence-electron chi connectivity index (χ1n) is 6.71. The molecule has 0 fully saturated rings. The second-order valence-electron chi connectivity index (χ2n) is 5.00. The van der Waals surface area contributed by atoms with E-state index in [0.717, 1.165) is 24.5 Å². The predicted molar refractivity (Wildman–Crippen MR) is 82.4 cm³/mol. The Hall–Kier alpha value is -1.40. The largest absolute Gasteiger partial charge is 0.337 e. The third-order valence-electron chi connectivity index (χ3n) is 3.53. The maximum atomic E-state index is 12.2. The molecule has 0 radical (unpaired) electrons. The third-order valence-corrected chi connectivity index (χ3v) is 5.56. The summed E-state index contributed by atoms with van der Waals surface area (Å²) in [5, 5.41) is 8.17. The van der Waals surface area contributed by atoms with Crippen LogP contribution in [0.5, 0.6) is 0 Å². The van der Waals surface area contributed by atoms with Gasteiger partial charge in [-0.15, -0.1) is 22.7 Å². The molecule has 1 atom stereocenters. The van der Waals surface area contributed by atoms with E-state index in [1.807, 2.05) is 10.3 Å². The monoisotopic (exact) mass is 307 g/mol. The Morgan fingerprint density at radius 2 is 2.40 bits per heavy atom. The number of rotatable bonds is 3. The normalized spacial score (nSPS) is 15.8. The second kappa shape index (κ2) is 5.93. The Bertz CT molecular complexity index is 579. The highest BCUT2D eigenvalue weighted by Gasteiger charge is 2.21. The molecule has 0 saturated heterocycles. The number of aromatic nitrogens is 1. The van der Waals surface area contributed by atoms with Gasteiger partial charge in [0, 0.05) is 42.0 Å². The number of nitrogens with one attached hydrogen (secondary N) is 1. The molecular formula is C14H17N3OS2. The summed E-state index contributed by atoms with van der Waals surface area (Å²) < 4.78 is 0. The molecule has 4 nitrogen and oxygen atoms in total. The van der Waals surface area contributed by atoms with Gasteiger partial charge in [0.2, 0.25) is 0 Å². The van der Waals surface area contributed by atoms with Crippen LogP contribution in [0.4, 0.5) is 4.79 Å². The van der Waals surface area contributed by atoms with E-state index in [9.17, 15) is 4.79 Å². The summed E-state index contributed by atoms with van der Waals surface area (Å²) in [7, 11) is 0. The Balaban J connectivity index is 1.53. The van der Waals surface area contributed by atoms with Crippen LogP contribution in [0, 0.1) is 0 Å². The first-order valence-corrected chi connectivity index (χ1v) is 8.47. The van der Waals surface area contributed by atoms with Gasteiger partial charge in [-0.3, -0.25) is 0 Å². The summed E-state index contributed by atoms with van der Waals surface area (Å²) in [4.78, 5) is 19.8. The lowest BCUT2D eigenvalue weighted by molar-refractivity contribution is 0.192. The van der Waals surface area contributed by atoms with Crippen LogP contribution < -0.4 is 5.32 Å². The van der Waals surface area contributed by atoms with Gasteiger partial charge in [-0.05, 0) is 23.4 Å². The van der Waals surface area contributed by atoms with E-state index < -0.39 is 0 Å². The number of thiophene rings is 1. The Kier molecular flexibility index (Phi) is 4.03. The average Bonchev–Trinajstić information content (AvgIpc) is 3.13. The minimum absolute atomic E-state index is 0.0326. The summed E-state index contributed by atoms with van der Waals surface area (Å²) >= 11 is 3.43. The van der Waals surface area contributed by atoms with Gasteiger partial charge >= 0.3 is 6.03 Å². The summed E-state index contributed by atoms with van der Waals surface area (Å²) in [5.41, 5.74) is 1.30. The first kappa shape index (κ1) is 13.6. The van der Waals surface area contributed by atoms with Gasteiger partial charge in [-0.25, -0.2) is 9.78 Å². The molecule has 20 heavy (non-hydrogen) atoms. The Morgan fingerprint density at radius 3 is 3.20 bits per heavy atom. The number of carbonyl (C=O) groups is 1. The van der Waals surface area contributed by atoms with Crippen LogP contribution in [0.3, 0.4) is 0 Å². The fraction of sp³-hybridized carbons (Fsp3) is 0.429. The molecule has 1 N–H and O–H groups in total. The molecule has 2 aromatic heterocycles. The van der Waals surface area contributed by atoms with Crippen molar-refractivity contribution in [3.8, 4) is 0 Å². The zero-order valence-electron chi connectivity index (χ0n) is 11.3. The number of hydrogen-bond donors (Lipinski definition) is 1. The van der Waals surface area contributed by atoms with Crippen molar-refractivity contribution in [1.29, 1.82) is 0 Å². The molecule has 3 rings (SSSR count). The topological polar surface area (TPSA) is 45.2 Å². The average molecular weight is 307 g/mol. The van der Waals surface area contributed by atoms with Gasteiger partial charge in [-0.2, -0.15) is 0 Å². The van der Waals surface area contributed by atoms with Gasteiger partial charge in [0.1, 0.15) is 0 Å². The summed E-state index contributed by atoms with van der Waals surface area (Å²) in [6.07, 6.45) is 2.78. The van der Waals surface area contributed by atoms with Crippen LogP contribution in [-0.2, 0) is 13.0 Å². The van der Waals surface area contributed by atoms with Crippen molar-refractivity contribution in [2.45, 2.75) is 25.8 Å². The predicted octanol–water partition coefficient (Wildman–Crippen LogP) is 3.08. The number of amides is 2. The Labute approximate surface area is 126 Å². The number of thiazole rings is 1. The minimum Gasteiger partial charge on any atom is -0.337 e. The number of urea groups is 1. The highest BCUT2D eigenvalue weighted by Crippen LogP contribution is 2.24.